The predicted octanol–water partition coefficient (Wildman–Crippen LogP) is 4.46. The molecule has 0 saturated heterocycles. The normalized spacial score (nSPS) is 15.0. The predicted molar refractivity (Wildman–Crippen MR) is 95.5 cm³/mol. The molecule has 1 atom stereocenters. The number of urea groups is 1. The fourth-order valence-corrected chi connectivity index (χ4v) is 3.05. The highest BCUT2D eigenvalue weighted by Gasteiger charge is 2.28. The molecular formula is C20H21F3N2O2. The summed E-state index contributed by atoms with van der Waals surface area (Å²) in [7, 11) is 0. The van der Waals surface area contributed by atoms with Gasteiger partial charge in [-0.1, -0.05) is 36.4 Å². The molecule has 1 aliphatic heterocycles. The van der Waals surface area contributed by atoms with Crippen LogP contribution in [-0.4, -0.2) is 30.3 Å². The SMILES string of the molecule is CC(NC(=O)N1CCc2ccccc2C1)c1ccc(OCC(F)(F)F)cc1. The molecule has 144 valence electrons. The van der Waals surface area contributed by atoms with E-state index in [4.69, 9.17) is 4.74 Å². The number of alkyl halides is 3. The number of hydrogen-bond acceptors (Lipinski definition) is 2. The van der Waals surface area contributed by atoms with E-state index in [2.05, 4.69) is 11.4 Å². The topological polar surface area (TPSA) is 41.6 Å². The molecule has 2 aromatic carbocycles. The molecule has 0 aliphatic carbocycles. The van der Waals surface area contributed by atoms with Gasteiger partial charge in [0.1, 0.15) is 5.75 Å². The number of nitrogens with zero attached hydrogens (tertiary/aromatic N) is 1. The molecule has 0 aromatic heterocycles. The highest BCUT2D eigenvalue weighted by atomic mass is 19.4. The molecule has 1 aliphatic rings. The maximum absolute atomic E-state index is 12.5. The zero-order valence-electron chi connectivity index (χ0n) is 14.9. The Morgan fingerprint density at radius 1 is 1.15 bits per heavy atom. The third kappa shape index (κ3) is 5.15. The maximum Gasteiger partial charge on any atom is 0.422 e. The summed E-state index contributed by atoms with van der Waals surface area (Å²) >= 11 is 0. The van der Waals surface area contributed by atoms with E-state index < -0.39 is 12.8 Å². The average molecular weight is 378 g/mol. The van der Waals surface area contributed by atoms with Crippen molar-refractivity contribution in [2.45, 2.75) is 32.1 Å². The van der Waals surface area contributed by atoms with Crippen LogP contribution in [0.1, 0.15) is 29.7 Å². The monoisotopic (exact) mass is 378 g/mol. The quantitative estimate of drug-likeness (QED) is 0.854. The summed E-state index contributed by atoms with van der Waals surface area (Å²) in [5.41, 5.74) is 3.21. The second-order valence-corrected chi connectivity index (χ2v) is 6.58. The molecule has 0 spiro atoms. The van der Waals surface area contributed by atoms with Crippen LogP contribution in [-0.2, 0) is 13.0 Å². The molecule has 1 heterocycles. The van der Waals surface area contributed by atoms with E-state index in [0.717, 1.165) is 17.5 Å². The highest BCUT2D eigenvalue weighted by molar-refractivity contribution is 5.75. The van der Waals surface area contributed by atoms with Crippen LogP contribution in [0.5, 0.6) is 5.75 Å². The van der Waals surface area contributed by atoms with Gasteiger partial charge < -0.3 is 15.0 Å². The van der Waals surface area contributed by atoms with E-state index in [9.17, 15) is 18.0 Å². The molecule has 1 unspecified atom stereocenters. The molecule has 27 heavy (non-hydrogen) atoms. The smallest absolute Gasteiger partial charge is 0.422 e. The Morgan fingerprint density at radius 3 is 2.48 bits per heavy atom. The van der Waals surface area contributed by atoms with E-state index in [1.807, 2.05) is 25.1 Å². The minimum atomic E-state index is -4.37. The van der Waals surface area contributed by atoms with E-state index in [0.29, 0.717) is 13.1 Å². The third-order valence-corrected chi connectivity index (χ3v) is 4.54. The molecule has 4 nitrogen and oxygen atoms in total. The summed E-state index contributed by atoms with van der Waals surface area (Å²) < 4.78 is 41.2. The number of nitrogens with one attached hydrogen (secondary N) is 1. The van der Waals surface area contributed by atoms with Gasteiger partial charge in [-0.15, -0.1) is 0 Å². The summed E-state index contributed by atoms with van der Waals surface area (Å²) in [5, 5.41) is 2.94. The van der Waals surface area contributed by atoms with Crippen LogP contribution in [0, 0.1) is 0 Å². The minimum Gasteiger partial charge on any atom is -0.484 e. The van der Waals surface area contributed by atoms with Crippen LogP contribution in [0.25, 0.3) is 0 Å². The average Bonchev–Trinajstić information content (AvgIpc) is 2.65. The zero-order valence-corrected chi connectivity index (χ0v) is 14.9. The second-order valence-electron chi connectivity index (χ2n) is 6.58. The van der Waals surface area contributed by atoms with Gasteiger partial charge in [0.05, 0.1) is 6.04 Å². The van der Waals surface area contributed by atoms with Crippen molar-refractivity contribution >= 4 is 6.03 Å². The van der Waals surface area contributed by atoms with Gasteiger partial charge in [-0.25, -0.2) is 4.79 Å². The summed E-state index contributed by atoms with van der Waals surface area (Å²) in [5.74, 6) is 0.141. The number of ether oxygens (including phenoxy) is 1. The van der Waals surface area contributed by atoms with E-state index in [-0.39, 0.29) is 17.8 Å². The van der Waals surface area contributed by atoms with E-state index in [1.54, 1.807) is 17.0 Å². The van der Waals surface area contributed by atoms with Gasteiger partial charge in [-0.05, 0) is 42.2 Å². The molecule has 0 radical (unpaired) electrons. The van der Waals surface area contributed by atoms with Crippen molar-refractivity contribution < 1.29 is 22.7 Å². The molecule has 0 fully saturated rings. The number of carbonyl (C=O) groups excluding carboxylic acids is 1. The third-order valence-electron chi connectivity index (χ3n) is 4.54. The van der Waals surface area contributed by atoms with Crippen molar-refractivity contribution in [2.24, 2.45) is 0 Å². The molecular weight excluding hydrogens is 357 g/mol. The molecule has 7 heteroatoms. The fraction of sp³-hybridized carbons (Fsp3) is 0.350. The first-order valence-corrected chi connectivity index (χ1v) is 8.73. The highest BCUT2D eigenvalue weighted by Crippen LogP contribution is 2.22. The van der Waals surface area contributed by atoms with Gasteiger partial charge in [-0.2, -0.15) is 13.2 Å². The fourth-order valence-electron chi connectivity index (χ4n) is 3.05. The molecule has 2 aromatic rings. The maximum atomic E-state index is 12.5. The van der Waals surface area contributed by atoms with Crippen molar-refractivity contribution in [1.29, 1.82) is 0 Å². The first kappa shape index (κ1) is 19.1. The Kier molecular flexibility index (Phi) is 5.58. The first-order valence-electron chi connectivity index (χ1n) is 8.73. The van der Waals surface area contributed by atoms with Gasteiger partial charge in [0.25, 0.3) is 0 Å². The lowest BCUT2D eigenvalue weighted by Gasteiger charge is -2.30. The van der Waals surface area contributed by atoms with E-state index >= 15 is 0 Å². The Bertz CT molecular complexity index is 791. The Balaban J connectivity index is 1.55. The lowest BCUT2D eigenvalue weighted by Crippen LogP contribution is -2.43. The summed E-state index contributed by atoms with van der Waals surface area (Å²) in [6, 6.07) is 13.9. The number of amides is 2. The Hall–Kier alpha value is -2.70. The van der Waals surface area contributed by atoms with Crippen molar-refractivity contribution in [3.05, 3.63) is 65.2 Å². The van der Waals surface area contributed by atoms with Crippen molar-refractivity contribution in [1.82, 2.24) is 10.2 Å². The van der Waals surface area contributed by atoms with Gasteiger partial charge in [0.15, 0.2) is 6.61 Å². The number of halogens is 3. The number of hydrogen-bond donors (Lipinski definition) is 1. The number of fused-ring (bicyclic) bond motifs is 1. The number of benzene rings is 2. The molecule has 1 N–H and O–H groups in total. The lowest BCUT2D eigenvalue weighted by molar-refractivity contribution is -0.153. The Labute approximate surface area is 155 Å². The van der Waals surface area contributed by atoms with Crippen LogP contribution in [0.15, 0.2) is 48.5 Å². The van der Waals surface area contributed by atoms with Gasteiger partial charge in [-0.3, -0.25) is 0 Å². The van der Waals surface area contributed by atoms with Gasteiger partial charge in [0.2, 0.25) is 0 Å². The van der Waals surface area contributed by atoms with Crippen LogP contribution in [0.2, 0.25) is 0 Å². The zero-order chi connectivity index (χ0) is 19.4. The number of rotatable bonds is 4. The molecule has 0 bridgehead atoms. The largest absolute Gasteiger partial charge is 0.484 e. The van der Waals surface area contributed by atoms with Gasteiger partial charge in [0, 0.05) is 13.1 Å². The lowest BCUT2D eigenvalue weighted by atomic mass is 10.0. The summed E-state index contributed by atoms with van der Waals surface area (Å²) in [4.78, 5) is 14.3. The van der Waals surface area contributed by atoms with Crippen LogP contribution >= 0.6 is 0 Å². The second kappa shape index (κ2) is 7.90. The van der Waals surface area contributed by atoms with Crippen molar-refractivity contribution in [2.75, 3.05) is 13.2 Å². The molecule has 2 amide bonds. The van der Waals surface area contributed by atoms with E-state index in [1.165, 1.54) is 17.7 Å². The molecule has 3 rings (SSSR count). The van der Waals surface area contributed by atoms with Gasteiger partial charge >= 0.3 is 12.2 Å². The van der Waals surface area contributed by atoms with Crippen LogP contribution in [0.3, 0.4) is 0 Å². The van der Waals surface area contributed by atoms with Crippen LogP contribution < -0.4 is 10.1 Å². The molecule has 0 saturated carbocycles. The number of carbonyl (C=O) groups is 1. The summed E-state index contributed by atoms with van der Waals surface area (Å²) in [6.45, 7) is 1.73. The standard InChI is InChI=1S/C20H21F3N2O2/c1-14(15-6-8-18(9-7-15)27-13-20(21,22)23)24-19(26)25-11-10-16-4-2-3-5-17(16)12-25/h2-9,14H,10-13H2,1H3,(H,24,26). The summed E-state index contributed by atoms with van der Waals surface area (Å²) in [6.07, 6.45) is -3.55. The Morgan fingerprint density at radius 2 is 1.81 bits per heavy atom. The van der Waals surface area contributed by atoms with Crippen molar-refractivity contribution in [3.63, 3.8) is 0 Å². The first-order chi connectivity index (χ1) is 12.8. The minimum absolute atomic E-state index is 0.141. The van der Waals surface area contributed by atoms with Crippen LogP contribution in [0.4, 0.5) is 18.0 Å². The van der Waals surface area contributed by atoms with Crippen molar-refractivity contribution in [3.8, 4) is 5.75 Å².